The largest absolute Gasteiger partial charge is 0.466 e. The summed E-state index contributed by atoms with van der Waals surface area (Å²) in [7, 11) is 0. The SMILES string of the molecule is CCOC(=O)CC(=O)C1CC(C(=O)OCCC(=O)c2ccccc2)C1. The molecule has 0 aromatic heterocycles. The Labute approximate surface area is 146 Å². The van der Waals surface area contributed by atoms with E-state index in [-0.39, 0.29) is 55.4 Å². The maximum Gasteiger partial charge on any atom is 0.313 e. The van der Waals surface area contributed by atoms with E-state index in [1.54, 1.807) is 31.2 Å². The van der Waals surface area contributed by atoms with Crippen LogP contribution in [0, 0.1) is 11.8 Å². The van der Waals surface area contributed by atoms with Crippen LogP contribution < -0.4 is 0 Å². The summed E-state index contributed by atoms with van der Waals surface area (Å²) in [5.41, 5.74) is 0.590. The van der Waals surface area contributed by atoms with E-state index in [1.165, 1.54) is 0 Å². The molecule has 2 rings (SSSR count). The lowest BCUT2D eigenvalue weighted by atomic mass is 9.72. The summed E-state index contributed by atoms with van der Waals surface area (Å²) in [5, 5.41) is 0. The van der Waals surface area contributed by atoms with E-state index in [1.807, 2.05) is 6.07 Å². The molecule has 1 aromatic rings. The third-order valence-electron chi connectivity index (χ3n) is 4.22. The molecule has 6 nitrogen and oxygen atoms in total. The number of rotatable bonds is 9. The number of carbonyl (C=O) groups is 4. The summed E-state index contributed by atoms with van der Waals surface area (Å²) in [6.45, 7) is 1.96. The van der Waals surface area contributed by atoms with Crippen molar-refractivity contribution >= 4 is 23.5 Å². The minimum atomic E-state index is -0.530. The van der Waals surface area contributed by atoms with E-state index >= 15 is 0 Å². The molecule has 25 heavy (non-hydrogen) atoms. The van der Waals surface area contributed by atoms with Crippen molar-refractivity contribution in [1.29, 1.82) is 0 Å². The lowest BCUT2D eigenvalue weighted by molar-refractivity contribution is -0.155. The Hall–Kier alpha value is -2.50. The van der Waals surface area contributed by atoms with Gasteiger partial charge in [0.15, 0.2) is 5.78 Å². The normalized spacial score (nSPS) is 18.8. The van der Waals surface area contributed by atoms with Crippen molar-refractivity contribution in [3.8, 4) is 0 Å². The summed E-state index contributed by atoms with van der Waals surface area (Å²) in [4.78, 5) is 46.9. The van der Waals surface area contributed by atoms with Gasteiger partial charge in [0, 0.05) is 17.9 Å². The van der Waals surface area contributed by atoms with Crippen molar-refractivity contribution in [2.75, 3.05) is 13.2 Å². The molecule has 0 saturated heterocycles. The lowest BCUT2D eigenvalue weighted by Gasteiger charge is -2.32. The van der Waals surface area contributed by atoms with Crippen LogP contribution in [0.2, 0.25) is 0 Å². The minimum absolute atomic E-state index is 0.0322. The molecule has 0 bridgehead atoms. The summed E-state index contributed by atoms with van der Waals surface area (Å²) in [6, 6.07) is 8.82. The van der Waals surface area contributed by atoms with Crippen molar-refractivity contribution in [3.05, 3.63) is 35.9 Å². The van der Waals surface area contributed by atoms with Crippen LogP contribution in [0.5, 0.6) is 0 Å². The topological polar surface area (TPSA) is 86.7 Å². The van der Waals surface area contributed by atoms with Gasteiger partial charge in [0.1, 0.15) is 12.2 Å². The number of ether oxygens (including phenoxy) is 2. The monoisotopic (exact) mass is 346 g/mol. The maximum absolute atomic E-state index is 11.9. The highest BCUT2D eigenvalue weighted by atomic mass is 16.5. The summed E-state index contributed by atoms with van der Waals surface area (Å²) in [6.07, 6.45) is 0.674. The molecular formula is C19H22O6. The Morgan fingerprint density at radius 3 is 2.32 bits per heavy atom. The molecule has 134 valence electrons. The number of esters is 2. The predicted molar refractivity (Wildman–Crippen MR) is 88.8 cm³/mol. The second-order valence-corrected chi connectivity index (χ2v) is 6.02. The summed E-state index contributed by atoms with van der Waals surface area (Å²) >= 11 is 0. The predicted octanol–water partition coefficient (Wildman–Crippen LogP) is 2.35. The zero-order valence-corrected chi connectivity index (χ0v) is 14.2. The van der Waals surface area contributed by atoms with Crippen LogP contribution in [0.3, 0.4) is 0 Å². The second-order valence-electron chi connectivity index (χ2n) is 6.02. The quantitative estimate of drug-likeness (QED) is 0.387. The van der Waals surface area contributed by atoms with Crippen molar-refractivity contribution in [2.24, 2.45) is 11.8 Å². The molecule has 0 spiro atoms. The third-order valence-corrected chi connectivity index (χ3v) is 4.22. The Kier molecular flexibility index (Phi) is 6.86. The van der Waals surface area contributed by atoms with Gasteiger partial charge < -0.3 is 9.47 Å². The third kappa shape index (κ3) is 5.52. The molecule has 1 aliphatic carbocycles. The zero-order valence-electron chi connectivity index (χ0n) is 14.2. The van der Waals surface area contributed by atoms with E-state index in [9.17, 15) is 19.2 Å². The van der Waals surface area contributed by atoms with Gasteiger partial charge in [0.05, 0.1) is 19.1 Å². The van der Waals surface area contributed by atoms with Crippen LogP contribution in [-0.2, 0) is 23.9 Å². The highest BCUT2D eigenvalue weighted by molar-refractivity contribution is 5.98. The number of hydrogen-bond acceptors (Lipinski definition) is 6. The molecule has 6 heteroatoms. The lowest BCUT2D eigenvalue weighted by Crippen LogP contribution is -2.37. The molecule has 1 aromatic carbocycles. The average molecular weight is 346 g/mol. The van der Waals surface area contributed by atoms with Gasteiger partial charge in [-0.1, -0.05) is 30.3 Å². The molecule has 0 amide bonds. The molecule has 1 aliphatic rings. The first-order chi connectivity index (χ1) is 12.0. The molecule has 0 radical (unpaired) electrons. The Balaban J connectivity index is 1.64. The van der Waals surface area contributed by atoms with Crippen LogP contribution in [0.4, 0.5) is 0 Å². The first-order valence-electron chi connectivity index (χ1n) is 8.44. The Morgan fingerprint density at radius 2 is 1.68 bits per heavy atom. The highest BCUT2D eigenvalue weighted by Crippen LogP contribution is 2.36. The molecule has 0 heterocycles. The van der Waals surface area contributed by atoms with Gasteiger partial charge in [-0.3, -0.25) is 19.2 Å². The van der Waals surface area contributed by atoms with Gasteiger partial charge in [-0.25, -0.2) is 0 Å². The van der Waals surface area contributed by atoms with Crippen molar-refractivity contribution in [1.82, 2.24) is 0 Å². The van der Waals surface area contributed by atoms with E-state index in [0.29, 0.717) is 18.4 Å². The van der Waals surface area contributed by atoms with Gasteiger partial charge in [0.25, 0.3) is 0 Å². The molecule has 0 atom stereocenters. The Morgan fingerprint density at radius 1 is 1.00 bits per heavy atom. The van der Waals surface area contributed by atoms with Gasteiger partial charge in [-0.2, -0.15) is 0 Å². The number of Topliss-reactive ketones (excluding diaryl/α,β-unsaturated/α-hetero) is 2. The Bertz CT molecular complexity index is 631. The molecule has 1 saturated carbocycles. The first-order valence-corrected chi connectivity index (χ1v) is 8.44. The maximum atomic E-state index is 11.9. The van der Waals surface area contributed by atoms with Gasteiger partial charge in [-0.15, -0.1) is 0 Å². The fourth-order valence-corrected chi connectivity index (χ4v) is 2.70. The standard InChI is InChI=1S/C19H22O6/c1-2-24-18(22)12-17(21)14-10-15(11-14)19(23)25-9-8-16(20)13-6-4-3-5-7-13/h3-7,14-15H,2,8-12H2,1H3. The van der Waals surface area contributed by atoms with Crippen LogP contribution in [0.15, 0.2) is 30.3 Å². The van der Waals surface area contributed by atoms with Gasteiger partial charge in [-0.05, 0) is 19.8 Å². The fraction of sp³-hybridized carbons (Fsp3) is 0.474. The van der Waals surface area contributed by atoms with Crippen molar-refractivity contribution < 1.29 is 28.7 Å². The first kappa shape index (κ1) is 18.8. The smallest absolute Gasteiger partial charge is 0.313 e. The molecule has 1 fully saturated rings. The number of hydrogen-bond donors (Lipinski definition) is 0. The van der Waals surface area contributed by atoms with Gasteiger partial charge in [0.2, 0.25) is 0 Å². The van der Waals surface area contributed by atoms with Crippen LogP contribution in [0.25, 0.3) is 0 Å². The minimum Gasteiger partial charge on any atom is -0.466 e. The van der Waals surface area contributed by atoms with E-state index in [0.717, 1.165) is 0 Å². The van der Waals surface area contributed by atoms with E-state index in [2.05, 4.69) is 0 Å². The van der Waals surface area contributed by atoms with E-state index < -0.39 is 5.97 Å². The average Bonchev–Trinajstić information content (AvgIpc) is 2.54. The molecule has 0 aliphatic heterocycles. The highest BCUT2D eigenvalue weighted by Gasteiger charge is 2.40. The summed E-state index contributed by atoms with van der Waals surface area (Å²) in [5.74, 6) is -1.80. The molecule has 0 unspecified atom stereocenters. The number of ketones is 2. The summed E-state index contributed by atoms with van der Waals surface area (Å²) < 4.78 is 9.86. The van der Waals surface area contributed by atoms with Crippen LogP contribution >= 0.6 is 0 Å². The van der Waals surface area contributed by atoms with Crippen molar-refractivity contribution in [2.45, 2.75) is 32.6 Å². The molecular weight excluding hydrogens is 324 g/mol. The van der Waals surface area contributed by atoms with Crippen LogP contribution in [0.1, 0.15) is 43.0 Å². The van der Waals surface area contributed by atoms with E-state index in [4.69, 9.17) is 9.47 Å². The number of carbonyl (C=O) groups excluding carboxylic acids is 4. The second kappa shape index (κ2) is 9.11. The van der Waals surface area contributed by atoms with Crippen LogP contribution in [-0.4, -0.2) is 36.7 Å². The molecule has 0 N–H and O–H groups in total. The van der Waals surface area contributed by atoms with Crippen molar-refractivity contribution in [3.63, 3.8) is 0 Å². The number of benzene rings is 1. The zero-order chi connectivity index (χ0) is 18.2. The fourth-order valence-electron chi connectivity index (χ4n) is 2.70. The van der Waals surface area contributed by atoms with Gasteiger partial charge >= 0.3 is 11.9 Å².